The van der Waals surface area contributed by atoms with Crippen LogP contribution in [0.2, 0.25) is 0 Å². The largest absolute Gasteiger partial charge is 0.494 e. The Morgan fingerprint density at radius 1 is 1.05 bits per heavy atom. The van der Waals surface area contributed by atoms with Crippen LogP contribution in [0.5, 0.6) is 11.5 Å². The Labute approximate surface area is 231 Å². The zero-order valence-corrected chi connectivity index (χ0v) is 23.5. The maximum absolute atomic E-state index is 13.6. The molecule has 200 valence electrons. The highest BCUT2D eigenvalue weighted by atomic mass is 32.2. The van der Waals surface area contributed by atoms with Crippen molar-refractivity contribution in [3.05, 3.63) is 78.4 Å². The minimum absolute atomic E-state index is 0.0864. The van der Waals surface area contributed by atoms with Crippen LogP contribution in [0.25, 0.3) is 0 Å². The first-order chi connectivity index (χ1) is 18.4. The standard InChI is InChI=1S/C27H29N3O5S3/c1-3-34-22-10-6-21(7-11-22)30(38(32,33)26-14-12-25(36-2)13-15-26)17-27(31)29-28-16-20-4-8-23(9-5-20)35-24-18-37-19-24/h4-16,24H,3,17-19H2,1-2H3,(H,29,31). The second-order valence-electron chi connectivity index (χ2n) is 8.25. The minimum atomic E-state index is -4.03. The third-order valence-electron chi connectivity index (χ3n) is 5.56. The fourth-order valence-electron chi connectivity index (χ4n) is 3.52. The summed E-state index contributed by atoms with van der Waals surface area (Å²) in [6, 6.07) is 20.5. The van der Waals surface area contributed by atoms with Gasteiger partial charge in [-0.1, -0.05) is 0 Å². The first kappa shape index (κ1) is 27.9. The van der Waals surface area contributed by atoms with Gasteiger partial charge in [0.25, 0.3) is 15.9 Å². The summed E-state index contributed by atoms with van der Waals surface area (Å²) in [5.41, 5.74) is 3.54. The summed E-state index contributed by atoms with van der Waals surface area (Å²) >= 11 is 3.37. The van der Waals surface area contributed by atoms with Crippen LogP contribution in [0.4, 0.5) is 5.69 Å². The zero-order chi connectivity index (χ0) is 27.0. The van der Waals surface area contributed by atoms with Crippen molar-refractivity contribution in [2.75, 3.05) is 35.2 Å². The van der Waals surface area contributed by atoms with Gasteiger partial charge in [0.2, 0.25) is 0 Å². The van der Waals surface area contributed by atoms with Gasteiger partial charge in [-0.05, 0) is 91.5 Å². The Morgan fingerprint density at radius 3 is 2.29 bits per heavy atom. The second kappa shape index (κ2) is 13.1. The van der Waals surface area contributed by atoms with Crippen molar-refractivity contribution >= 4 is 51.4 Å². The monoisotopic (exact) mass is 571 g/mol. The number of sulfonamides is 1. The van der Waals surface area contributed by atoms with E-state index in [0.717, 1.165) is 32.0 Å². The van der Waals surface area contributed by atoms with E-state index in [4.69, 9.17) is 9.47 Å². The molecule has 0 atom stereocenters. The Kier molecular flexibility index (Phi) is 9.59. The number of hydrazone groups is 1. The van der Waals surface area contributed by atoms with Crippen molar-refractivity contribution in [1.82, 2.24) is 5.43 Å². The summed E-state index contributed by atoms with van der Waals surface area (Å²) in [5, 5.41) is 4.01. The van der Waals surface area contributed by atoms with Crippen LogP contribution >= 0.6 is 23.5 Å². The lowest BCUT2D eigenvalue weighted by Crippen LogP contribution is -2.39. The first-order valence-corrected chi connectivity index (χ1v) is 15.8. The first-order valence-electron chi connectivity index (χ1n) is 11.9. The predicted octanol–water partition coefficient (Wildman–Crippen LogP) is 4.65. The van der Waals surface area contributed by atoms with Gasteiger partial charge in [-0.15, -0.1) is 11.8 Å². The Morgan fingerprint density at radius 2 is 1.71 bits per heavy atom. The fraction of sp³-hybridized carbons (Fsp3) is 0.259. The molecule has 3 aromatic rings. The molecule has 8 nitrogen and oxygen atoms in total. The Hall–Kier alpha value is -3.15. The third kappa shape index (κ3) is 7.24. The van der Waals surface area contributed by atoms with E-state index in [-0.39, 0.29) is 11.0 Å². The van der Waals surface area contributed by atoms with Crippen LogP contribution in [-0.4, -0.2) is 57.6 Å². The molecule has 4 rings (SSSR count). The molecule has 3 aromatic carbocycles. The molecule has 1 N–H and O–H groups in total. The number of nitrogens with zero attached hydrogens (tertiary/aromatic N) is 2. The molecular formula is C27H29N3O5S3. The highest BCUT2D eigenvalue weighted by molar-refractivity contribution is 8.00. The molecule has 38 heavy (non-hydrogen) atoms. The van der Waals surface area contributed by atoms with Crippen molar-refractivity contribution in [2.24, 2.45) is 5.10 Å². The average molecular weight is 572 g/mol. The summed E-state index contributed by atoms with van der Waals surface area (Å²) in [6.45, 7) is 1.90. The number of anilines is 1. The lowest BCUT2D eigenvalue weighted by Gasteiger charge is -2.25. The van der Waals surface area contributed by atoms with Gasteiger partial charge in [-0.2, -0.15) is 16.9 Å². The SMILES string of the molecule is CCOc1ccc(N(CC(=O)NN=Cc2ccc(OC3CSC3)cc2)S(=O)(=O)c2ccc(SC)cc2)cc1. The Bertz CT molecular complexity index is 1340. The Balaban J connectivity index is 1.47. The topological polar surface area (TPSA) is 97.3 Å². The van der Waals surface area contributed by atoms with Gasteiger partial charge in [-0.3, -0.25) is 9.10 Å². The quantitative estimate of drug-likeness (QED) is 0.192. The number of nitrogens with one attached hydrogen (secondary N) is 1. The molecule has 1 fully saturated rings. The molecule has 0 unspecified atom stereocenters. The molecule has 1 heterocycles. The van der Waals surface area contributed by atoms with E-state index in [1.54, 1.807) is 36.4 Å². The smallest absolute Gasteiger partial charge is 0.264 e. The molecule has 0 bridgehead atoms. The molecule has 1 aliphatic heterocycles. The molecule has 0 saturated carbocycles. The highest BCUT2D eigenvalue weighted by Gasteiger charge is 2.27. The summed E-state index contributed by atoms with van der Waals surface area (Å²) in [5.74, 6) is 2.82. The van der Waals surface area contributed by atoms with E-state index in [0.29, 0.717) is 18.0 Å². The average Bonchev–Trinajstić information content (AvgIpc) is 2.91. The molecule has 11 heteroatoms. The highest BCUT2D eigenvalue weighted by Crippen LogP contribution is 2.27. The van der Waals surface area contributed by atoms with Crippen LogP contribution in [-0.2, 0) is 14.8 Å². The number of thioether (sulfide) groups is 2. The molecule has 1 saturated heterocycles. The summed E-state index contributed by atoms with van der Waals surface area (Å²) < 4.78 is 39.5. The van der Waals surface area contributed by atoms with Crippen LogP contribution in [0.3, 0.4) is 0 Å². The number of amides is 1. The third-order valence-corrected chi connectivity index (χ3v) is 9.31. The van der Waals surface area contributed by atoms with Crippen molar-refractivity contribution in [2.45, 2.75) is 22.8 Å². The van der Waals surface area contributed by atoms with Crippen LogP contribution in [0.1, 0.15) is 12.5 Å². The molecule has 0 aliphatic carbocycles. The van der Waals surface area contributed by atoms with Gasteiger partial charge < -0.3 is 9.47 Å². The maximum Gasteiger partial charge on any atom is 0.264 e. The van der Waals surface area contributed by atoms with E-state index >= 15 is 0 Å². The normalized spacial score (nSPS) is 13.6. The number of hydrogen-bond acceptors (Lipinski definition) is 8. The van der Waals surface area contributed by atoms with Crippen molar-refractivity contribution in [3.8, 4) is 11.5 Å². The minimum Gasteiger partial charge on any atom is -0.494 e. The molecular weight excluding hydrogens is 543 g/mol. The lowest BCUT2D eigenvalue weighted by molar-refractivity contribution is -0.119. The van der Waals surface area contributed by atoms with E-state index in [2.05, 4.69) is 10.5 Å². The number of benzene rings is 3. The van der Waals surface area contributed by atoms with Crippen LogP contribution < -0.4 is 19.2 Å². The van der Waals surface area contributed by atoms with Gasteiger partial charge in [0.05, 0.1) is 23.4 Å². The number of ether oxygens (including phenoxy) is 2. The lowest BCUT2D eigenvalue weighted by atomic mass is 10.2. The molecule has 0 radical (unpaired) electrons. The number of carbonyl (C=O) groups excluding carboxylic acids is 1. The number of hydrogen-bond donors (Lipinski definition) is 1. The van der Waals surface area contributed by atoms with E-state index in [1.807, 2.05) is 49.2 Å². The van der Waals surface area contributed by atoms with Gasteiger partial charge in [-0.25, -0.2) is 13.8 Å². The van der Waals surface area contributed by atoms with Crippen molar-refractivity contribution in [3.63, 3.8) is 0 Å². The fourth-order valence-corrected chi connectivity index (χ4v) is 5.91. The molecule has 1 aliphatic rings. The second-order valence-corrected chi connectivity index (χ2v) is 12.1. The molecule has 1 amide bonds. The van der Waals surface area contributed by atoms with Crippen molar-refractivity contribution < 1.29 is 22.7 Å². The molecule has 0 spiro atoms. The summed E-state index contributed by atoms with van der Waals surface area (Å²) in [4.78, 5) is 13.8. The maximum atomic E-state index is 13.6. The summed E-state index contributed by atoms with van der Waals surface area (Å²) in [6.07, 6.45) is 3.67. The number of rotatable bonds is 12. The van der Waals surface area contributed by atoms with Crippen molar-refractivity contribution in [1.29, 1.82) is 0 Å². The van der Waals surface area contributed by atoms with E-state index < -0.39 is 22.5 Å². The zero-order valence-electron chi connectivity index (χ0n) is 21.1. The van der Waals surface area contributed by atoms with Gasteiger partial charge in [0, 0.05) is 16.4 Å². The van der Waals surface area contributed by atoms with Gasteiger partial charge >= 0.3 is 0 Å². The molecule has 0 aromatic heterocycles. The van der Waals surface area contributed by atoms with Gasteiger partial charge in [0.1, 0.15) is 24.1 Å². The summed E-state index contributed by atoms with van der Waals surface area (Å²) in [7, 11) is -4.03. The van der Waals surface area contributed by atoms with Crippen LogP contribution in [0, 0.1) is 0 Å². The van der Waals surface area contributed by atoms with E-state index in [1.165, 1.54) is 30.1 Å². The van der Waals surface area contributed by atoms with E-state index in [9.17, 15) is 13.2 Å². The van der Waals surface area contributed by atoms with Gasteiger partial charge in [0.15, 0.2) is 0 Å². The number of carbonyl (C=O) groups is 1. The van der Waals surface area contributed by atoms with Crippen LogP contribution in [0.15, 0.2) is 87.7 Å². The predicted molar refractivity (Wildman–Crippen MR) is 154 cm³/mol.